The van der Waals surface area contributed by atoms with Crippen LogP contribution in [0.1, 0.15) is 44.4 Å². The number of fused-ring (bicyclic) bond motifs is 1. The van der Waals surface area contributed by atoms with Gasteiger partial charge in [0.05, 0.1) is 27.9 Å². The Labute approximate surface area is 210 Å². The molecule has 9 heteroatoms. The molecular formula is C26H21ClN4O3S. The van der Waals surface area contributed by atoms with E-state index in [2.05, 4.69) is 10.3 Å². The topological polar surface area (TPSA) is 95.4 Å². The lowest BCUT2D eigenvalue weighted by molar-refractivity contribution is 0.00591. The molecule has 7 nitrogen and oxygen atoms in total. The van der Waals surface area contributed by atoms with Gasteiger partial charge < -0.3 is 15.3 Å². The highest BCUT2D eigenvalue weighted by molar-refractivity contribution is 7.08. The predicted molar refractivity (Wildman–Crippen MR) is 136 cm³/mol. The summed E-state index contributed by atoms with van der Waals surface area (Å²) in [5.74, 6) is -0.159. The third-order valence-corrected chi connectivity index (χ3v) is 7.60. The molecule has 2 amide bonds. The normalized spacial score (nSPS) is 15.8. The molecule has 2 aromatic carbocycles. The molecule has 0 atom stereocenters. The number of nitrogens with one attached hydrogen (secondary N) is 1. The number of halogens is 1. The molecule has 35 heavy (non-hydrogen) atoms. The van der Waals surface area contributed by atoms with Crippen LogP contribution < -0.4 is 5.32 Å². The minimum Gasteiger partial charge on any atom is -0.389 e. The fraction of sp³-hybridized carbons (Fsp3) is 0.231. The number of likely N-dealkylation sites (tertiary alicyclic amines) is 1. The summed E-state index contributed by atoms with van der Waals surface area (Å²) in [5, 5.41) is 13.6. The number of rotatable bonds is 5. The molecule has 0 radical (unpaired) electrons. The van der Waals surface area contributed by atoms with Gasteiger partial charge in [-0.05, 0) is 60.6 Å². The Morgan fingerprint density at radius 3 is 2.69 bits per heavy atom. The van der Waals surface area contributed by atoms with Gasteiger partial charge in [-0.15, -0.1) is 0 Å². The molecule has 1 saturated heterocycles. The molecule has 1 saturated carbocycles. The van der Waals surface area contributed by atoms with Crippen LogP contribution in [-0.2, 0) is 0 Å². The second-order valence-corrected chi connectivity index (χ2v) is 10.1. The number of aliphatic hydroxyl groups is 1. The summed E-state index contributed by atoms with van der Waals surface area (Å²) in [5.41, 5.74) is 4.55. The first-order chi connectivity index (χ1) is 17.0. The summed E-state index contributed by atoms with van der Waals surface area (Å²) in [4.78, 5) is 32.4. The van der Waals surface area contributed by atoms with Gasteiger partial charge in [0, 0.05) is 41.5 Å². The van der Waals surface area contributed by atoms with Gasteiger partial charge in [-0.1, -0.05) is 29.8 Å². The van der Waals surface area contributed by atoms with Gasteiger partial charge in [-0.2, -0.15) is 4.37 Å². The molecular weight excluding hydrogens is 484 g/mol. The zero-order chi connectivity index (χ0) is 24.1. The third kappa shape index (κ3) is 4.07. The number of β-amino-alcohol motifs (C(OH)–C–C–N with tert-alkyl or cyclic N) is 1. The number of carbonyl (C=O) groups excluding carboxylic acids is 2. The van der Waals surface area contributed by atoms with Crippen LogP contribution in [0.15, 0.2) is 54.7 Å². The molecule has 1 aliphatic heterocycles. The maximum Gasteiger partial charge on any atom is 0.267 e. The highest BCUT2D eigenvalue weighted by Crippen LogP contribution is 2.48. The number of anilines is 1. The second-order valence-electron chi connectivity index (χ2n) is 8.94. The number of nitrogens with zero attached hydrogens (tertiary/aromatic N) is 3. The largest absolute Gasteiger partial charge is 0.389 e. The summed E-state index contributed by atoms with van der Waals surface area (Å²) >= 11 is 7.57. The summed E-state index contributed by atoms with van der Waals surface area (Å²) in [6, 6.07) is 14.8. The van der Waals surface area contributed by atoms with E-state index in [1.807, 2.05) is 30.3 Å². The molecule has 2 fully saturated rings. The maximum atomic E-state index is 13.3. The van der Waals surface area contributed by atoms with Crippen LogP contribution in [-0.4, -0.2) is 50.4 Å². The molecule has 0 bridgehead atoms. The Balaban J connectivity index is 1.29. The molecule has 3 heterocycles. The van der Waals surface area contributed by atoms with E-state index in [1.165, 1.54) is 16.4 Å². The fourth-order valence-electron chi connectivity index (χ4n) is 4.46. The Bertz CT molecular complexity index is 1470. The molecule has 2 aromatic heterocycles. The Kier molecular flexibility index (Phi) is 5.51. The standard InChI is InChI=1S/C26H21ClN4O3S/c27-20-11-15(8-9-19(20)26(34)31-12-16(32)13-31)29-25(33)24-22(14-6-7-14)23(30-35-24)18-3-1-5-21-17(18)4-2-10-28-21/h1-5,8-11,14,16,32H,6-7,12-13H2,(H,29,33). The quantitative estimate of drug-likeness (QED) is 0.400. The van der Waals surface area contributed by atoms with E-state index in [1.54, 1.807) is 24.4 Å². The average Bonchev–Trinajstić information content (AvgIpc) is 3.59. The molecule has 1 aliphatic carbocycles. The van der Waals surface area contributed by atoms with Crippen molar-refractivity contribution in [3.63, 3.8) is 0 Å². The predicted octanol–water partition coefficient (Wildman–Crippen LogP) is 4.96. The fourth-order valence-corrected chi connectivity index (χ4v) is 5.60. The van der Waals surface area contributed by atoms with Gasteiger partial charge in [0.25, 0.3) is 11.8 Å². The number of pyridine rings is 1. The van der Waals surface area contributed by atoms with Gasteiger partial charge in [0.1, 0.15) is 4.88 Å². The van der Waals surface area contributed by atoms with Crippen LogP contribution in [0.3, 0.4) is 0 Å². The zero-order valence-electron chi connectivity index (χ0n) is 18.6. The number of amides is 2. The third-order valence-electron chi connectivity index (χ3n) is 6.43. The number of benzene rings is 2. The van der Waals surface area contributed by atoms with Crippen molar-refractivity contribution in [2.45, 2.75) is 24.9 Å². The smallest absolute Gasteiger partial charge is 0.267 e. The Morgan fingerprint density at radius 1 is 1.11 bits per heavy atom. The van der Waals surface area contributed by atoms with Crippen molar-refractivity contribution < 1.29 is 14.7 Å². The number of hydrogen-bond acceptors (Lipinski definition) is 6. The Morgan fingerprint density at radius 2 is 1.94 bits per heavy atom. The van der Waals surface area contributed by atoms with E-state index in [9.17, 15) is 14.7 Å². The minimum absolute atomic E-state index is 0.231. The summed E-state index contributed by atoms with van der Waals surface area (Å²) in [6.07, 6.45) is 3.35. The summed E-state index contributed by atoms with van der Waals surface area (Å²) < 4.78 is 4.71. The monoisotopic (exact) mass is 504 g/mol. The first-order valence-corrected chi connectivity index (χ1v) is 12.6. The van der Waals surface area contributed by atoms with Crippen LogP contribution in [0.5, 0.6) is 0 Å². The average molecular weight is 505 g/mol. The van der Waals surface area contributed by atoms with Crippen molar-refractivity contribution in [1.82, 2.24) is 14.3 Å². The lowest BCUT2D eigenvalue weighted by Gasteiger charge is -2.36. The summed E-state index contributed by atoms with van der Waals surface area (Å²) in [6.45, 7) is 0.607. The maximum absolute atomic E-state index is 13.3. The van der Waals surface area contributed by atoms with Crippen LogP contribution in [0.2, 0.25) is 5.02 Å². The van der Waals surface area contributed by atoms with Gasteiger partial charge in [-0.3, -0.25) is 14.6 Å². The number of carbonyl (C=O) groups is 2. The van der Waals surface area contributed by atoms with E-state index in [-0.39, 0.29) is 16.8 Å². The highest BCUT2D eigenvalue weighted by Gasteiger charge is 2.34. The van der Waals surface area contributed by atoms with Crippen molar-refractivity contribution in [3.05, 3.63) is 75.8 Å². The van der Waals surface area contributed by atoms with E-state index < -0.39 is 6.10 Å². The van der Waals surface area contributed by atoms with Gasteiger partial charge in [0.2, 0.25) is 0 Å². The molecule has 2 aliphatic rings. The first-order valence-electron chi connectivity index (χ1n) is 11.4. The summed E-state index contributed by atoms with van der Waals surface area (Å²) in [7, 11) is 0. The first kappa shape index (κ1) is 22.2. The van der Waals surface area contributed by atoms with E-state index in [0.29, 0.717) is 35.1 Å². The lowest BCUT2D eigenvalue weighted by atomic mass is 9.99. The Hall–Kier alpha value is -3.33. The van der Waals surface area contributed by atoms with E-state index in [0.717, 1.165) is 40.6 Å². The molecule has 4 aromatic rings. The zero-order valence-corrected chi connectivity index (χ0v) is 20.1. The van der Waals surface area contributed by atoms with Crippen molar-refractivity contribution in [2.24, 2.45) is 0 Å². The molecule has 176 valence electrons. The second kappa shape index (κ2) is 8.71. The van der Waals surface area contributed by atoms with Crippen molar-refractivity contribution in [3.8, 4) is 11.3 Å². The highest BCUT2D eigenvalue weighted by atomic mass is 35.5. The molecule has 0 unspecified atom stereocenters. The van der Waals surface area contributed by atoms with Crippen LogP contribution >= 0.6 is 23.1 Å². The number of aliphatic hydroxyl groups excluding tert-OH is 1. The van der Waals surface area contributed by atoms with Crippen LogP contribution in [0.4, 0.5) is 5.69 Å². The number of aromatic nitrogens is 2. The van der Waals surface area contributed by atoms with Gasteiger partial charge >= 0.3 is 0 Å². The minimum atomic E-state index is -0.480. The molecule has 2 N–H and O–H groups in total. The SMILES string of the molecule is O=C(Nc1ccc(C(=O)N2CC(O)C2)c(Cl)c1)c1snc(-c2cccc3ncccc23)c1C1CC1. The van der Waals surface area contributed by atoms with Crippen molar-refractivity contribution in [1.29, 1.82) is 0 Å². The van der Waals surface area contributed by atoms with Gasteiger partial charge in [0.15, 0.2) is 0 Å². The molecule has 0 spiro atoms. The van der Waals surface area contributed by atoms with E-state index in [4.69, 9.17) is 16.0 Å². The van der Waals surface area contributed by atoms with Crippen LogP contribution in [0.25, 0.3) is 22.2 Å². The number of hydrogen-bond donors (Lipinski definition) is 2. The van der Waals surface area contributed by atoms with Crippen molar-refractivity contribution >= 4 is 51.5 Å². The van der Waals surface area contributed by atoms with Gasteiger partial charge in [-0.25, -0.2) is 0 Å². The molecule has 6 rings (SSSR count). The lowest BCUT2D eigenvalue weighted by Crippen LogP contribution is -2.53. The van der Waals surface area contributed by atoms with Crippen molar-refractivity contribution in [2.75, 3.05) is 18.4 Å². The van der Waals surface area contributed by atoms with E-state index >= 15 is 0 Å². The van der Waals surface area contributed by atoms with Crippen LogP contribution in [0, 0.1) is 0 Å².